The van der Waals surface area contributed by atoms with E-state index in [1.54, 1.807) is 24.3 Å². The van der Waals surface area contributed by atoms with Gasteiger partial charge in [0.15, 0.2) is 0 Å². The summed E-state index contributed by atoms with van der Waals surface area (Å²) in [6, 6.07) is 6.99. The first-order chi connectivity index (χ1) is 10.2. The molecule has 0 bridgehead atoms. The number of amides is 1. The van der Waals surface area contributed by atoms with Crippen LogP contribution in [0, 0.1) is 0 Å². The summed E-state index contributed by atoms with van der Waals surface area (Å²) in [6.45, 7) is 1.45. The van der Waals surface area contributed by atoms with Crippen LogP contribution in [0.1, 0.15) is 41.6 Å². The highest BCUT2D eigenvalue weighted by Gasteiger charge is 2.16. The van der Waals surface area contributed by atoms with Gasteiger partial charge >= 0.3 is 5.97 Å². The van der Waals surface area contributed by atoms with Gasteiger partial charge in [0.25, 0.3) is 0 Å². The van der Waals surface area contributed by atoms with E-state index in [1.807, 2.05) is 0 Å². The average molecular weight is 291 g/mol. The Balaban J connectivity index is 1.85. The molecule has 0 spiro atoms. The van der Waals surface area contributed by atoms with Gasteiger partial charge in [-0.3, -0.25) is 4.79 Å². The minimum atomic E-state index is -0.952. The van der Waals surface area contributed by atoms with Crippen molar-refractivity contribution in [3.63, 3.8) is 0 Å². The van der Waals surface area contributed by atoms with Crippen molar-refractivity contribution in [1.82, 2.24) is 5.32 Å². The maximum atomic E-state index is 12.0. The molecule has 1 heterocycles. The van der Waals surface area contributed by atoms with Crippen LogP contribution in [0.3, 0.4) is 0 Å². The first-order valence-corrected chi connectivity index (χ1v) is 7.35. The Morgan fingerprint density at radius 2 is 2.05 bits per heavy atom. The van der Waals surface area contributed by atoms with E-state index in [0.717, 1.165) is 25.9 Å². The van der Waals surface area contributed by atoms with E-state index < -0.39 is 5.97 Å². The number of nitrogens with one attached hydrogen (secondary N) is 1. The molecule has 1 atom stereocenters. The zero-order valence-electron chi connectivity index (χ0n) is 12.0. The van der Waals surface area contributed by atoms with Gasteiger partial charge in [-0.2, -0.15) is 0 Å². The van der Waals surface area contributed by atoms with Gasteiger partial charge in [0.05, 0.1) is 5.56 Å². The van der Waals surface area contributed by atoms with Crippen LogP contribution in [-0.2, 0) is 16.0 Å². The highest BCUT2D eigenvalue weighted by atomic mass is 16.5. The fraction of sp³-hybridized carbons (Fsp3) is 0.500. The minimum Gasteiger partial charge on any atom is -0.478 e. The normalized spacial score (nSPS) is 18.8. The number of carbonyl (C=O) groups is 2. The number of benzene rings is 1. The van der Waals surface area contributed by atoms with Gasteiger partial charge < -0.3 is 15.2 Å². The summed E-state index contributed by atoms with van der Waals surface area (Å²) in [5.41, 5.74) is 0.970. The Morgan fingerprint density at radius 3 is 2.86 bits per heavy atom. The lowest BCUT2D eigenvalue weighted by Crippen LogP contribution is -2.35. The summed E-state index contributed by atoms with van der Waals surface area (Å²) in [7, 11) is 0. The summed E-state index contributed by atoms with van der Waals surface area (Å²) < 4.78 is 5.36. The van der Waals surface area contributed by atoms with E-state index in [0.29, 0.717) is 25.0 Å². The van der Waals surface area contributed by atoms with E-state index in [1.165, 1.54) is 0 Å². The van der Waals surface area contributed by atoms with Gasteiger partial charge in [0.2, 0.25) is 5.91 Å². The number of aromatic carboxylic acids is 1. The lowest BCUT2D eigenvalue weighted by Gasteiger charge is -2.15. The SMILES string of the molecule is O=C(CCc1ccccc1C(=O)O)NC1CCCOCC1. The fourth-order valence-corrected chi connectivity index (χ4v) is 2.54. The van der Waals surface area contributed by atoms with E-state index in [4.69, 9.17) is 9.84 Å². The average Bonchev–Trinajstić information content (AvgIpc) is 2.74. The molecule has 0 saturated carbocycles. The molecule has 1 aromatic rings. The van der Waals surface area contributed by atoms with Crippen molar-refractivity contribution in [3.05, 3.63) is 35.4 Å². The Hall–Kier alpha value is -1.88. The molecule has 1 aromatic carbocycles. The number of rotatable bonds is 5. The van der Waals surface area contributed by atoms with Crippen LogP contribution in [0.15, 0.2) is 24.3 Å². The highest BCUT2D eigenvalue weighted by Crippen LogP contribution is 2.12. The summed E-state index contributed by atoms with van der Waals surface area (Å²) in [5, 5.41) is 12.1. The number of hydrogen-bond acceptors (Lipinski definition) is 3. The third-order valence-corrected chi connectivity index (χ3v) is 3.69. The van der Waals surface area contributed by atoms with Gasteiger partial charge in [-0.1, -0.05) is 18.2 Å². The lowest BCUT2D eigenvalue weighted by molar-refractivity contribution is -0.121. The second-order valence-electron chi connectivity index (χ2n) is 5.27. The molecular formula is C16H21NO4. The molecule has 1 saturated heterocycles. The van der Waals surface area contributed by atoms with Crippen LogP contribution in [0.5, 0.6) is 0 Å². The van der Waals surface area contributed by atoms with Crippen molar-refractivity contribution in [2.45, 2.75) is 38.1 Å². The summed E-state index contributed by atoms with van der Waals surface area (Å²) >= 11 is 0. The molecule has 0 radical (unpaired) electrons. The van der Waals surface area contributed by atoms with Crippen molar-refractivity contribution in [2.75, 3.05) is 13.2 Å². The zero-order valence-corrected chi connectivity index (χ0v) is 12.0. The molecule has 5 nitrogen and oxygen atoms in total. The standard InChI is InChI=1S/C16H21NO4/c18-15(17-13-5-3-10-21-11-9-13)8-7-12-4-1-2-6-14(12)16(19)20/h1-2,4,6,13H,3,5,7-11H2,(H,17,18)(H,19,20). The molecular weight excluding hydrogens is 270 g/mol. The van der Waals surface area contributed by atoms with E-state index >= 15 is 0 Å². The largest absolute Gasteiger partial charge is 0.478 e. The number of aryl methyl sites for hydroxylation is 1. The van der Waals surface area contributed by atoms with Crippen LogP contribution in [-0.4, -0.2) is 36.2 Å². The second kappa shape index (κ2) is 7.78. The lowest BCUT2D eigenvalue weighted by atomic mass is 10.0. The fourth-order valence-electron chi connectivity index (χ4n) is 2.54. The van der Waals surface area contributed by atoms with Gasteiger partial charge in [-0.15, -0.1) is 0 Å². The van der Waals surface area contributed by atoms with Crippen molar-refractivity contribution >= 4 is 11.9 Å². The summed E-state index contributed by atoms with van der Waals surface area (Å²) in [4.78, 5) is 23.1. The van der Waals surface area contributed by atoms with Crippen LogP contribution < -0.4 is 5.32 Å². The van der Waals surface area contributed by atoms with Gasteiger partial charge in [-0.25, -0.2) is 4.79 Å². The first-order valence-electron chi connectivity index (χ1n) is 7.35. The number of carboxylic acids is 1. The molecule has 0 aliphatic carbocycles. The minimum absolute atomic E-state index is 0.0258. The molecule has 21 heavy (non-hydrogen) atoms. The van der Waals surface area contributed by atoms with Crippen molar-refractivity contribution < 1.29 is 19.4 Å². The monoisotopic (exact) mass is 291 g/mol. The first kappa shape index (κ1) is 15.5. The maximum absolute atomic E-state index is 12.0. The molecule has 0 aromatic heterocycles. The predicted molar refractivity (Wildman–Crippen MR) is 78.3 cm³/mol. The third kappa shape index (κ3) is 4.86. The van der Waals surface area contributed by atoms with Crippen LogP contribution >= 0.6 is 0 Å². The Morgan fingerprint density at radius 1 is 1.24 bits per heavy atom. The molecule has 1 fully saturated rings. The summed E-state index contributed by atoms with van der Waals surface area (Å²) in [6.07, 6.45) is 3.50. The number of carboxylic acid groups (broad SMARTS) is 1. The highest BCUT2D eigenvalue weighted by molar-refractivity contribution is 5.89. The molecule has 1 amide bonds. The maximum Gasteiger partial charge on any atom is 0.335 e. The van der Waals surface area contributed by atoms with Crippen LogP contribution in [0.25, 0.3) is 0 Å². The van der Waals surface area contributed by atoms with Crippen molar-refractivity contribution in [2.24, 2.45) is 0 Å². The van der Waals surface area contributed by atoms with E-state index in [2.05, 4.69) is 5.32 Å². The van der Waals surface area contributed by atoms with Crippen LogP contribution in [0.4, 0.5) is 0 Å². The molecule has 1 aliphatic rings. The molecule has 5 heteroatoms. The topological polar surface area (TPSA) is 75.6 Å². The van der Waals surface area contributed by atoms with Gasteiger partial charge in [-0.05, 0) is 37.3 Å². The Kier molecular flexibility index (Phi) is 5.75. The molecule has 1 aliphatic heterocycles. The Labute approximate surface area is 124 Å². The summed E-state index contributed by atoms with van der Waals surface area (Å²) in [5.74, 6) is -0.978. The van der Waals surface area contributed by atoms with Crippen molar-refractivity contribution in [1.29, 1.82) is 0 Å². The number of ether oxygens (including phenoxy) is 1. The Bertz CT molecular complexity index is 493. The van der Waals surface area contributed by atoms with Gasteiger partial charge in [0.1, 0.15) is 0 Å². The number of carbonyl (C=O) groups excluding carboxylic acids is 1. The predicted octanol–water partition coefficient (Wildman–Crippen LogP) is 2.00. The third-order valence-electron chi connectivity index (χ3n) is 3.69. The van der Waals surface area contributed by atoms with Crippen molar-refractivity contribution in [3.8, 4) is 0 Å². The van der Waals surface area contributed by atoms with Gasteiger partial charge in [0, 0.05) is 25.7 Å². The van der Waals surface area contributed by atoms with Crippen LogP contribution in [0.2, 0.25) is 0 Å². The molecule has 2 rings (SSSR count). The van der Waals surface area contributed by atoms with E-state index in [9.17, 15) is 9.59 Å². The zero-order chi connectivity index (χ0) is 15.1. The molecule has 2 N–H and O–H groups in total. The van der Waals surface area contributed by atoms with E-state index in [-0.39, 0.29) is 17.5 Å². The molecule has 1 unspecified atom stereocenters. The molecule has 114 valence electrons. The number of hydrogen-bond donors (Lipinski definition) is 2. The smallest absolute Gasteiger partial charge is 0.335 e. The second-order valence-corrected chi connectivity index (χ2v) is 5.27. The quantitative estimate of drug-likeness (QED) is 0.870.